The first-order chi connectivity index (χ1) is 29.9. The van der Waals surface area contributed by atoms with E-state index in [1.807, 2.05) is 107 Å². The minimum atomic E-state index is -1.91. The van der Waals surface area contributed by atoms with Crippen molar-refractivity contribution in [1.29, 1.82) is 5.26 Å². The average molecular weight is 865 g/mol. The van der Waals surface area contributed by atoms with Crippen molar-refractivity contribution < 1.29 is 37.5 Å². The molecule has 14 nitrogen and oxygen atoms in total. The molecule has 1 aromatic heterocycles. The molecule has 1 fully saturated rings. The van der Waals surface area contributed by atoms with E-state index in [0.717, 1.165) is 0 Å². The van der Waals surface area contributed by atoms with Crippen molar-refractivity contribution in [2.75, 3.05) is 27.4 Å². The molecule has 326 valence electrons. The largest absolute Gasteiger partial charge is 0.497 e. The maximum absolute atomic E-state index is 14.4. The van der Waals surface area contributed by atoms with Gasteiger partial charge in [0, 0.05) is 23.8 Å². The summed E-state index contributed by atoms with van der Waals surface area (Å²) in [4.78, 5) is 43.5. The smallest absolute Gasteiger partial charge is 0.338 e. The molecule has 6 rings (SSSR count). The molecule has 1 unspecified atom stereocenters. The summed E-state index contributed by atoms with van der Waals surface area (Å²) < 4.78 is 48.7. The van der Waals surface area contributed by atoms with Crippen molar-refractivity contribution in [1.82, 2.24) is 14.2 Å². The molecule has 1 aliphatic heterocycles. The molecule has 1 saturated heterocycles. The summed E-state index contributed by atoms with van der Waals surface area (Å²) in [6.45, 7) is 9.52. The number of hydrogen-bond acceptors (Lipinski definition) is 12. The highest BCUT2D eigenvalue weighted by Gasteiger charge is 2.53. The first kappa shape index (κ1) is 45.9. The van der Waals surface area contributed by atoms with Crippen molar-refractivity contribution in [3.63, 3.8) is 0 Å². The van der Waals surface area contributed by atoms with Crippen LogP contribution in [0.1, 0.15) is 73.0 Å². The minimum absolute atomic E-state index is 0.0589. The van der Waals surface area contributed by atoms with Crippen LogP contribution >= 0.6 is 8.53 Å². The SMILES string of the molecule is COc1ccc(C(O[C@@H]2[C@@H](OC(=O)c3ccccc3)[C@@H](OP(OCCC#N)N(C(C)C)C(C)C)CO[C@H]2n2cc(C)c(=O)[nH]c2=O)(c2ccccc2)c2ccc(OC)cc2)cc1. The van der Waals surface area contributed by atoms with E-state index in [0.29, 0.717) is 28.2 Å². The second kappa shape index (κ2) is 20.9. The number of nitrogens with zero attached hydrogens (tertiary/aromatic N) is 3. The lowest BCUT2D eigenvalue weighted by molar-refractivity contribution is -0.245. The molecule has 1 aliphatic rings. The second-order valence-electron chi connectivity index (χ2n) is 15.2. The first-order valence-corrected chi connectivity index (χ1v) is 21.5. The van der Waals surface area contributed by atoms with E-state index in [1.54, 1.807) is 51.5 Å². The van der Waals surface area contributed by atoms with Gasteiger partial charge in [-0.25, -0.2) is 14.3 Å². The number of methoxy groups -OCH3 is 2. The standard InChI is InChI=1S/C47H53N4O10P/c1-31(2)51(32(3)4)62(58-28-14-27-48)61-40-30-57-44(50-29-33(5)43(52)49-46(50)54)42(41(40)59-45(53)34-15-10-8-11-16-34)60-47(35-17-12-9-13-18-35,36-19-23-38(55-6)24-20-36)37-21-25-39(56-7)26-22-37/h8-13,15-26,29,31-32,40-42,44H,14,28,30H2,1-7H3,(H,49,52,54)/t40-,41-,42+,44+,62?/m0/s1. The van der Waals surface area contributed by atoms with Crippen LogP contribution in [0.5, 0.6) is 11.5 Å². The molecule has 15 heteroatoms. The quantitative estimate of drug-likeness (QED) is 0.0397. The van der Waals surface area contributed by atoms with Crippen molar-refractivity contribution >= 4 is 14.5 Å². The van der Waals surface area contributed by atoms with Gasteiger partial charge in [-0.1, -0.05) is 72.8 Å². The summed E-state index contributed by atoms with van der Waals surface area (Å²) in [7, 11) is 1.25. The van der Waals surface area contributed by atoms with Gasteiger partial charge >= 0.3 is 11.7 Å². The second-order valence-corrected chi connectivity index (χ2v) is 16.6. The molecule has 0 bridgehead atoms. The third-order valence-corrected chi connectivity index (χ3v) is 12.6. The van der Waals surface area contributed by atoms with Crippen LogP contribution in [0.25, 0.3) is 0 Å². The van der Waals surface area contributed by atoms with Gasteiger partial charge in [-0.05, 0) is 87.7 Å². The maximum Gasteiger partial charge on any atom is 0.338 e. The van der Waals surface area contributed by atoms with Gasteiger partial charge in [-0.2, -0.15) is 5.26 Å². The fraction of sp³-hybridized carbons (Fsp3) is 0.362. The van der Waals surface area contributed by atoms with Crippen LogP contribution in [0.3, 0.4) is 0 Å². The average Bonchev–Trinajstić information content (AvgIpc) is 3.28. The van der Waals surface area contributed by atoms with E-state index in [2.05, 4.69) is 15.7 Å². The number of aromatic nitrogens is 2. The van der Waals surface area contributed by atoms with Gasteiger partial charge in [0.2, 0.25) is 0 Å². The lowest BCUT2D eigenvalue weighted by atomic mass is 9.79. The Bertz CT molecular complexity index is 2330. The molecule has 2 heterocycles. The van der Waals surface area contributed by atoms with Gasteiger partial charge in [-0.15, -0.1) is 0 Å². The number of carbonyl (C=O) groups is 1. The number of benzene rings is 4. The number of H-pyrrole nitrogens is 1. The third kappa shape index (κ3) is 10.2. The summed E-state index contributed by atoms with van der Waals surface area (Å²) in [6, 6.07) is 34.9. The highest BCUT2D eigenvalue weighted by atomic mass is 31.2. The molecule has 62 heavy (non-hydrogen) atoms. The number of hydrogen-bond donors (Lipinski definition) is 1. The minimum Gasteiger partial charge on any atom is -0.497 e. The zero-order valence-electron chi connectivity index (χ0n) is 35.9. The lowest BCUT2D eigenvalue weighted by Crippen LogP contribution is -2.58. The van der Waals surface area contributed by atoms with E-state index in [4.69, 9.17) is 32.7 Å². The lowest BCUT2D eigenvalue weighted by Gasteiger charge is -2.48. The number of nitriles is 1. The van der Waals surface area contributed by atoms with E-state index < -0.39 is 55.9 Å². The molecule has 1 N–H and O–H groups in total. The molecular weight excluding hydrogens is 812 g/mol. The van der Waals surface area contributed by atoms with Gasteiger partial charge < -0.3 is 32.7 Å². The summed E-state index contributed by atoms with van der Waals surface area (Å²) in [5.74, 6) is 0.529. The Morgan fingerprint density at radius 3 is 1.94 bits per heavy atom. The number of carbonyl (C=O) groups excluding carboxylic acids is 1. The van der Waals surface area contributed by atoms with Crippen LogP contribution in [-0.2, 0) is 28.9 Å². The van der Waals surface area contributed by atoms with Gasteiger partial charge in [0.25, 0.3) is 14.1 Å². The molecule has 0 radical (unpaired) electrons. The Morgan fingerprint density at radius 2 is 1.40 bits per heavy atom. The Balaban J connectivity index is 1.63. The molecule has 0 amide bonds. The number of rotatable bonds is 18. The number of aromatic amines is 1. The van der Waals surface area contributed by atoms with E-state index >= 15 is 0 Å². The number of ether oxygens (including phenoxy) is 5. The normalized spacial score (nSPS) is 18.3. The van der Waals surface area contributed by atoms with Crippen LogP contribution < -0.4 is 20.7 Å². The van der Waals surface area contributed by atoms with Crippen LogP contribution in [0.4, 0.5) is 0 Å². The van der Waals surface area contributed by atoms with Crippen LogP contribution in [0.2, 0.25) is 0 Å². The molecular formula is C47H53N4O10P. The monoisotopic (exact) mass is 864 g/mol. The van der Waals surface area contributed by atoms with Crippen LogP contribution in [0.15, 0.2) is 125 Å². The summed E-state index contributed by atoms with van der Waals surface area (Å²) in [6.07, 6.45) is -3.49. The molecule has 4 aromatic carbocycles. The van der Waals surface area contributed by atoms with Crippen LogP contribution in [-0.4, -0.2) is 78.0 Å². The van der Waals surface area contributed by atoms with E-state index in [1.165, 1.54) is 10.8 Å². The predicted molar refractivity (Wildman–Crippen MR) is 234 cm³/mol. The van der Waals surface area contributed by atoms with Crippen molar-refractivity contribution in [2.45, 2.75) is 83.3 Å². The fourth-order valence-corrected chi connectivity index (χ4v) is 9.26. The van der Waals surface area contributed by atoms with Gasteiger partial charge in [0.05, 0.1) is 45.5 Å². The van der Waals surface area contributed by atoms with Crippen molar-refractivity contribution in [2.24, 2.45) is 0 Å². The number of nitrogens with one attached hydrogen (secondary N) is 1. The van der Waals surface area contributed by atoms with E-state index in [-0.39, 0.29) is 42.8 Å². The summed E-state index contributed by atoms with van der Waals surface area (Å²) in [5.41, 5.74) is -0.343. The number of esters is 1. The first-order valence-electron chi connectivity index (χ1n) is 20.4. The van der Waals surface area contributed by atoms with Crippen molar-refractivity contribution in [3.05, 3.63) is 164 Å². The van der Waals surface area contributed by atoms with Crippen LogP contribution in [0, 0.1) is 18.3 Å². The third-order valence-electron chi connectivity index (χ3n) is 10.4. The zero-order chi connectivity index (χ0) is 44.4. The summed E-state index contributed by atoms with van der Waals surface area (Å²) in [5, 5.41) is 9.45. The Morgan fingerprint density at radius 1 is 0.855 bits per heavy atom. The molecule has 5 aromatic rings. The summed E-state index contributed by atoms with van der Waals surface area (Å²) >= 11 is 0. The molecule has 5 atom stereocenters. The van der Waals surface area contributed by atoms with Gasteiger partial charge in [0.15, 0.2) is 12.3 Å². The number of aryl methyl sites for hydroxylation is 1. The fourth-order valence-electron chi connectivity index (χ4n) is 7.54. The highest BCUT2D eigenvalue weighted by Crippen LogP contribution is 2.51. The maximum atomic E-state index is 14.4. The highest BCUT2D eigenvalue weighted by molar-refractivity contribution is 7.44. The Hall–Kier alpha value is -5.65. The van der Waals surface area contributed by atoms with Gasteiger partial charge in [-0.3, -0.25) is 14.3 Å². The molecule has 0 saturated carbocycles. The van der Waals surface area contributed by atoms with Gasteiger partial charge in [0.1, 0.15) is 29.3 Å². The van der Waals surface area contributed by atoms with Crippen molar-refractivity contribution in [3.8, 4) is 17.6 Å². The topological polar surface area (TPSA) is 164 Å². The Labute approximate surface area is 362 Å². The zero-order valence-corrected chi connectivity index (χ0v) is 36.8. The van der Waals surface area contributed by atoms with E-state index in [9.17, 15) is 19.6 Å². The Kier molecular flexibility index (Phi) is 15.5. The predicted octanol–water partition coefficient (Wildman–Crippen LogP) is 7.66. The molecule has 0 aliphatic carbocycles. The molecule has 0 spiro atoms.